The fourth-order valence-electron chi connectivity index (χ4n) is 3.03. The average molecular weight is 394 g/mol. The summed E-state index contributed by atoms with van der Waals surface area (Å²) in [5, 5.41) is 3.30. The van der Waals surface area contributed by atoms with Crippen LogP contribution in [0.2, 0.25) is 0 Å². The van der Waals surface area contributed by atoms with Crippen molar-refractivity contribution in [1.82, 2.24) is 14.5 Å². The van der Waals surface area contributed by atoms with E-state index >= 15 is 0 Å². The van der Waals surface area contributed by atoms with Gasteiger partial charge in [-0.3, -0.25) is 9.36 Å². The molecule has 0 aliphatic carbocycles. The van der Waals surface area contributed by atoms with E-state index in [1.807, 2.05) is 43.3 Å². The first-order chi connectivity index (χ1) is 13.5. The molecule has 0 spiro atoms. The van der Waals surface area contributed by atoms with E-state index in [-0.39, 0.29) is 18.1 Å². The highest BCUT2D eigenvalue weighted by Crippen LogP contribution is 2.31. The largest absolute Gasteiger partial charge is 0.497 e. The first-order valence-corrected chi connectivity index (χ1v) is 9.46. The summed E-state index contributed by atoms with van der Waals surface area (Å²) >= 11 is 1.40. The van der Waals surface area contributed by atoms with Crippen LogP contribution in [0.25, 0.3) is 22.3 Å². The number of thiazole rings is 1. The van der Waals surface area contributed by atoms with Gasteiger partial charge in [-0.15, -0.1) is 11.3 Å². The van der Waals surface area contributed by atoms with E-state index in [1.54, 1.807) is 19.2 Å². The molecule has 8 heteroatoms. The topological polar surface area (TPSA) is 89.0 Å². The fraction of sp³-hybridized carbons (Fsp3) is 0.150. The van der Waals surface area contributed by atoms with E-state index in [0.29, 0.717) is 16.2 Å². The third kappa shape index (κ3) is 3.41. The Kier molecular flexibility index (Phi) is 4.70. The molecule has 142 valence electrons. The summed E-state index contributed by atoms with van der Waals surface area (Å²) in [5.74, 6) is 0.469. The van der Waals surface area contributed by atoms with Gasteiger partial charge in [0.2, 0.25) is 5.91 Å². The van der Waals surface area contributed by atoms with Crippen molar-refractivity contribution < 1.29 is 9.53 Å². The number of nitrogens with zero attached hydrogens (tertiary/aromatic N) is 2. The van der Waals surface area contributed by atoms with Gasteiger partial charge in [-0.05, 0) is 43.3 Å². The van der Waals surface area contributed by atoms with E-state index in [1.165, 1.54) is 15.9 Å². The summed E-state index contributed by atoms with van der Waals surface area (Å²) in [5.41, 5.74) is 2.84. The number of rotatable bonds is 5. The Morgan fingerprint density at radius 2 is 1.96 bits per heavy atom. The maximum atomic E-state index is 12.5. The number of fused-ring (bicyclic) bond motifs is 1. The fourth-order valence-corrected chi connectivity index (χ4v) is 3.88. The van der Waals surface area contributed by atoms with Gasteiger partial charge in [0.15, 0.2) is 5.13 Å². The lowest BCUT2D eigenvalue weighted by atomic mass is 10.1. The third-order valence-electron chi connectivity index (χ3n) is 4.39. The van der Waals surface area contributed by atoms with Crippen LogP contribution in [-0.4, -0.2) is 27.6 Å². The molecule has 0 aliphatic rings. The Balaban J connectivity index is 1.53. The van der Waals surface area contributed by atoms with Gasteiger partial charge in [0, 0.05) is 10.4 Å². The van der Waals surface area contributed by atoms with Crippen molar-refractivity contribution in [3.63, 3.8) is 0 Å². The van der Waals surface area contributed by atoms with Gasteiger partial charge in [0.25, 0.3) is 0 Å². The van der Waals surface area contributed by atoms with E-state index < -0.39 is 0 Å². The number of amides is 1. The van der Waals surface area contributed by atoms with Crippen LogP contribution in [0.3, 0.4) is 0 Å². The number of aromatic amines is 1. The quantitative estimate of drug-likeness (QED) is 0.543. The van der Waals surface area contributed by atoms with Crippen LogP contribution in [0.4, 0.5) is 5.13 Å². The van der Waals surface area contributed by atoms with Crippen LogP contribution < -0.4 is 15.7 Å². The number of nitrogens with one attached hydrogen (secondary N) is 2. The molecular weight excluding hydrogens is 376 g/mol. The molecule has 0 saturated carbocycles. The van der Waals surface area contributed by atoms with Crippen LogP contribution in [0.1, 0.15) is 4.88 Å². The van der Waals surface area contributed by atoms with Gasteiger partial charge in [-0.1, -0.05) is 12.1 Å². The van der Waals surface area contributed by atoms with Crippen molar-refractivity contribution >= 4 is 33.4 Å². The second kappa shape index (κ2) is 7.32. The van der Waals surface area contributed by atoms with Gasteiger partial charge < -0.3 is 15.0 Å². The van der Waals surface area contributed by atoms with E-state index in [9.17, 15) is 9.59 Å². The number of imidazole rings is 1. The summed E-state index contributed by atoms with van der Waals surface area (Å²) in [7, 11) is 1.62. The minimum atomic E-state index is -0.314. The van der Waals surface area contributed by atoms with E-state index in [4.69, 9.17) is 4.74 Å². The maximum Gasteiger partial charge on any atom is 0.326 e. The Morgan fingerprint density at radius 1 is 1.21 bits per heavy atom. The average Bonchev–Trinajstić information content (AvgIpc) is 3.21. The lowest BCUT2D eigenvalue weighted by Crippen LogP contribution is -2.25. The number of para-hydroxylation sites is 2. The molecule has 0 atom stereocenters. The molecule has 7 nitrogen and oxygen atoms in total. The predicted molar refractivity (Wildman–Crippen MR) is 110 cm³/mol. The van der Waals surface area contributed by atoms with Crippen LogP contribution in [0, 0.1) is 6.92 Å². The molecule has 2 aromatic carbocycles. The number of hydrogen-bond acceptors (Lipinski definition) is 5. The zero-order valence-corrected chi connectivity index (χ0v) is 16.2. The van der Waals surface area contributed by atoms with Gasteiger partial charge in [-0.2, -0.15) is 0 Å². The van der Waals surface area contributed by atoms with Crippen molar-refractivity contribution in [3.05, 3.63) is 63.9 Å². The Labute approximate surface area is 164 Å². The number of carbonyl (C=O) groups is 1. The maximum absolute atomic E-state index is 12.5. The Hall–Kier alpha value is -3.39. The highest BCUT2D eigenvalue weighted by Gasteiger charge is 2.14. The highest BCUT2D eigenvalue weighted by molar-refractivity contribution is 7.16. The van der Waals surface area contributed by atoms with Gasteiger partial charge in [0.05, 0.1) is 23.8 Å². The standard InChI is InChI=1S/C20H18N4O3S/c1-12-18(13-7-9-14(27-2)10-8-13)23-19(28-12)22-17(25)11-24-16-6-4-3-5-15(16)21-20(24)26/h3-10H,11H2,1-2H3,(H,21,26)(H,22,23,25). The number of aromatic nitrogens is 3. The highest BCUT2D eigenvalue weighted by atomic mass is 32.1. The normalized spacial score (nSPS) is 10.9. The molecule has 0 radical (unpaired) electrons. The first-order valence-electron chi connectivity index (χ1n) is 8.64. The van der Waals surface area contributed by atoms with Crippen LogP contribution >= 0.6 is 11.3 Å². The summed E-state index contributed by atoms with van der Waals surface area (Å²) in [6.45, 7) is 1.87. The van der Waals surface area contributed by atoms with E-state index in [0.717, 1.165) is 21.9 Å². The molecular formula is C20H18N4O3S. The number of aryl methyl sites for hydroxylation is 1. The second-order valence-corrected chi connectivity index (χ2v) is 7.44. The summed E-state index contributed by atoms with van der Waals surface area (Å²) < 4.78 is 6.59. The number of H-pyrrole nitrogens is 1. The van der Waals surface area contributed by atoms with Crippen molar-refractivity contribution in [2.45, 2.75) is 13.5 Å². The molecule has 1 amide bonds. The van der Waals surface area contributed by atoms with Crippen molar-refractivity contribution in [1.29, 1.82) is 0 Å². The number of methoxy groups -OCH3 is 1. The summed E-state index contributed by atoms with van der Waals surface area (Å²) in [6.07, 6.45) is 0. The Bertz CT molecular complexity index is 1200. The monoisotopic (exact) mass is 394 g/mol. The zero-order chi connectivity index (χ0) is 19.7. The predicted octanol–water partition coefficient (Wildman–Crippen LogP) is 3.41. The Morgan fingerprint density at radius 3 is 2.71 bits per heavy atom. The molecule has 4 rings (SSSR count). The molecule has 0 bridgehead atoms. The zero-order valence-electron chi connectivity index (χ0n) is 15.4. The molecule has 28 heavy (non-hydrogen) atoms. The minimum absolute atomic E-state index is 0.0840. The lowest BCUT2D eigenvalue weighted by Gasteiger charge is -2.03. The molecule has 0 saturated heterocycles. The van der Waals surface area contributed by atoms with Crippen LogP contribution in [0.15, 0.2) is 53.3 Å². The molecule has 0 aliphatic heterocycles. The third-order valence-corrected chi connectivity index (χ3v) is 5.28. The molecule has 0 unspecified atom stereocenters. The number of benzene rings is 2. The molecule has 2 aromatic heterocycles. The summed E-state index contributed by atoms with van der Waals surface area (Å²) in [6, 6.07) is 14.9. The molecule has 0 fully saturated rings. The molecule has 2 N–H and O–H groups in total. The second-order valence-electron chi connectivity index (χ2n) is 6.23. The van der Waals surface area contributed by atoms with E-state index in [2.05, 4.69) is 15.3 Å². The van der Waals surface area contributed by atoms with Crippen LogP contribution in [0.5, 0.6) is 5.75 Å². The number of ether oxygens (including phenoxy) is 1. The lowest BCUT2D eigenvalue weighted by molar-refractivity contribution is -0.116. The van der Waals surface area contributed by atoms with Gasteiger partial charge in [0.1, 0.15) is 12.3 Å². The minimum Gasteiger partial charge on any atom is -0.497 e. The molecule has 2 heterocycles. The number of carbonyl (C=O) groups excluding carboxylic acids is 1. The van der Waals surface area contributed by atoms with Crippen molar-refractivity contribution in [3.8, 4) is 17.0 Å². The van der Waals surface area contributed by atoms with Crippen molar-refractivity contribution in [2.24, 2.45) is 0 Å². The van der Waals surface area contributed by atoms with Gasteiger partial charge >= 0.3 is 5.69 Å². The summed E-state index contributed by atoms with van der Waals surface area (Å²) in [4.78, 5) is 32.9. The number of hydrogen-bond donors (Lipinski definition) is 2. The number of anilines is 1. The SMILES string of the molecule is COc1ccc(-c2nc(NC(=O)Cn3c(=O)[nH]c4ccccc43)sc2C)cc1. The van der Waals surface area contributed by atoms with Crippen LogP contribution in [-0.2, 0) is 11.3 Å². The van der Waals surface area contributed by atoms with Gasteiger partial charge in [-0.25, -0.2) is 9.78 Å². The molecule has 4 aromatic rings. The first kappa shape index (κ1) is 18.0. The smallest absolute Gasteiger partial charge is 0.326 e. The van der Waals surface area contributed by atoms with Crippen molar-refractivity contribution in [2.75, 3.05) is 12.4 Å².